The number of halogens is 4. The molecule has 1 atom stereocenters. The quantitative estimate of drug-likeness (QED) is 0.339. The molecule has 41 heavy (non-hydrogen) atoms. The van der Waals surface area contributed by atoms with Gasteiger partial charge in [0.1, 0.15) is 22.7 Å². The topological polar surface area (TPSA) is 85.2 Å². The number of hydrogen-bond donors (Lipinski definition) is 2. The van der Waals surface area contributed by atoms with E-state index in [-0.39, 0.29) is 10.6 Å². The van der Waals surface area contributed by atoms with Crippen molar-refractivity contribution in [2.75, 3.05) is 13.1 Å². The molecule has 0 spiro atoms. The Hall–Kier alpha value is -3.51. The van der Waals surface area contributed by atoms with Crippen LogP contribution in [0.5, 0.6) is 0 Å². The summed E-state index contributed by atoms with van der Waals surface area (Å²) in [7, 11) is 0. The maximum absolute atomic E-state index is 15.1. The van der Waals surface area contributed by atoms with E-state index in [0.717, 1.165) is 25.0 Å². The highest BCUT2D eigenvalue weighted by Crippen LogP contribution is 2.35. The highest BCUT2D eigenvalue weighted by Gasteiger charge is 2.47. The van der Waals surface area contributed by atoms with Gasteiger partial charge in [-0.05, 0) is 68.5 Å². The number of nitrogens with zero attached hydrogens (tertiary/aromatic N) is 2. The zero-order chi connectivity index (χ0) is 29.4. The van der Waals surface area contributed by atoms with Gasteiger partial charge in [-0.3, -0.25) is 9.59 Å². The molecule has 6 nitrogen and oxygen atoms in total. The second kappa shape index (κ2) is 11.4. The van der Waals surface area contributed by atoms with E-state index in [1.54, 1.807) is 30.3 Å². The molecule has 1 aliphatic carbocycles. The van der Waals surface area contributed by atoms with Crippen LogP contribution in [-0.2, 0) is 10.3 Å². The molecule has 2 aliphatic rings. The fraction of sp³-hybridized carbons (Fsp3) is 0.323. The van der Waals surface area contributed by atoms with Crippen LogP contribution in [0.25, 0.3) is 11.1 Å². The van der Waals surface area contributed by atoms with E-state index in [1.165, 1.54) is 19.1 Å². The van der Waals surface area contributed by atoms with Gasteiger partial charge in [-0.2, -0.15) is 5.26 Å². The molecule has 3 aromatic rings. The number of nitriles is 1. The minimum Gasteiger partial charge on any atom is -0.335 e. The van der Waals surface area contributed by atoms with Crippen molar-refractivity contribution >= 4 is 35.0 Å². The lowest BCUT2D eigenvalue weighted by Gasteiger charge is -2.40. The lowest BCUT2D eigenvalue weighted by molar-refractivity contribution is -0.129. The molecule has 3 aromatic carbocycles. The number of nitrogens with one attached hydrogen (secondary N) is 2. The number of carbonyl (C=O) groups is 2. The number of carbonyl (C=O) groups excluding carboxylic acids is 2. The van der Waals surface area contributed by atoms with Gasteiger partial charge in [0.2, 0.25) is 0 Å². The molecule has 0 bridgehead atoms. The Balaban J connectivity index is 1.45. The van der Waals surface area contributed by atoms with Gasteiger partial charge >= 0.3 is 0 Å². The smallest absolute Gasteiger partial charge is 0.253 e. The Morgan fingerprint density at radius 1 is 1.00 bits per heavy atom. The summed E-state index contributed by atoms with van der Waals surface area (Å²) in [4.78, 5) is 29.7. The van der Waals surface area contributed by atoms with Crippen LogP contribution < -0.4 is 10.6 Å². The summed E-state index contributed by atoms with van der Waals surface area (Å²) in [6, 6.07) is 17.7. The molecule has 0 aromatic heterocycles. The van der Waals surface area contributed by atoms with Gasteiger partial charge in [0.15, 0.2) is 0 Å². The van der Waals surface area contributed by atoms with Crippen molar-refractivity contribution < 1.29 is 18.4 Å². The van der Waals surface area contributed by atoms with Crippen molar-refractivity contribution in [1.29, 1.82) is 5.26 Å². The van der Waals surface area contributed by atoms with Gasteiger partial charge in [0.05, 0.1) is 22.2 Å². The zero-order valence-corrected chi connectivity index (χ0v) is 23.8. The van der Waals surface area contributed by atoms with E-state index in [1.807, 2.05) is 6.07 Å². The molecule has 10 heteroatoms. The number of amides is 2. The first-order valence-corrected chi connectivity index (χ1v) is 14.1. The Labute approximate surface area is 247 Å². The van der Waals surface area contributed by atoms with Crippen LogP contribution in [-0.4, -0.2) is 41.4 Å². The van der Waals surface area contributed by atoms with Gasteiger partial charge in [-0.25, -0.2) is 8.78 Å². The summed E-state index contributed by atoms with van der Waals surface area (Å²) < 4.78 is 30.3. The highest BCUT2D eigenvalue weighted by atomic mass is 35.5. The second-order valence-corrected chi connectivity index (χ2v) is 11.6. The molecule has 2 N–H and O–H groups in total. The lowest BCUT2D eigenvalue weighted by Crippen LogP contribution is -2.62. The predicted octanol–water partition coefficient (Wildman–Crippen LogP) is 6.22. The third-order valence-electron chi connectivity index (χ3n) is 7.96. The van der Waals surface area contributed by atoms with Crippen LogP contribution in [0.4, 0.5) is 8.78 Å². The Morgan fingerprint density at radius 3 is 2.24 bits per heavy atom. The van der Waals surface area contributed by atoms with Gasteiger partial charge < -0.3 is 15.5 Å². The van der Waals surface area contributed by atoms with E-state index in [0.29, 0.717) is 48.1 Å². The van der Waals surface area contributed by atoms with Gasteiger partial charge in [-0.15, -0.1) is 0 Å². The first-order chi connectivity index (χ1) is 19.6. The lowest BCUT2D eigenvalue weighted by atomic mass is 9.84. The van der Waals surface area contributed by atoms with Crippen molar-refractivity contribution in [3.8, 4) is 17.2 Å². The first kappa shape index (κ1) is 29.0. The number of benzene rings is 3. The van der Waals surface area contributed by atoms with Gasteiger partial charge in [-0.1, -0.05) is 53.5 Å². The van der Waals surface area contributed by atoms with Crippen molar-refractivity contribution in [3.05, 3.63) is 93.5 Å². The molecular weight excluding hydrogens is 569 g/mol. The van der Waals surface area contributed by atoms with Crippen LogP contribution in [0.1, 0.15) is 48.5 Å². The van der Waals surface area contributed by atoms with E-state index < -0.39 is 40.1 Å². The van der Waals surface area contributed by atoms with Gasteiger partial charge in [0.25, 0.3) is 11.8 Å². The molecule has 1 saturated heterocycles. The third-order valence-corrected chi connectivity index (χ3v) is 8.60. The summed E-state index contributed by atoms with van der Waals surface area (Å²) in [5.41, 5.74) is -2.75. The zero-order valence-electron chi connectivity index (χ0n) is 22.3. The van der Waals surface area contributed by atoms with E-state index in [4.69, 9.17) is 23.2 Å². The van der Waals surface area contributed by atoms with E-state index in [9.17, 15) is 14.9 Å². The fourth-order valence-corrected chi connectivity index (χ4v) is 5.89. The minimum atomic E-state index is -2.21. The van der Waals surface area contributed by atoms with Crippen LogP contribution in [0.15, 0.2) is 60.7 Å². The molecule has 2 fully saturated rings. The van der Waals surface area contributed by atoms with Crippen molar-refractivity contribution in [3.63, 3.8) is 0 Å². The summed E-state index contributed by atoms with van der Waals surface area (Å²) in [6.07, 6.45) is 2.94. The highest BCUT2D eigenvalue weighted by molar-refractivity contribution is 6.35. The van der Waals surface area contributed by atoms with E-state index in [2.05, 4.69) is 21.6 Å². The molecule has 0 unspecified atom stereocenters. The summed E-state index contributed by atoms with van der Waals surface area (Å²) in [5.74, 6) is -3.76. The van der Waals surface area contributed by atoms with E-state index >= 15 is 8.78 Å². The Bertz CT molecular complexity index is 1530. The van der Waals surface area contributed by atoms with Crippen molar-refractivity contribution in [2.24, 2.45) is 0 Å². The normalized spacial score (nSPS) is 18.1. The van der Waals surface area contributed by atoms with Crippen molar-refractivity contribution in [1.82, 2.24) is 15.5 Å². The molecule has 2 amide bonds. The second-order valence-electron chi connectivity index (χ2n) is 10.8. The maximum atomic E-state index is 15.1. The summed E-state index contributed by atoms with van der Waals surface area (Å²) in [6.45, 7) is 2.45. The van der Waals surface area contributed by atoms with Crippen molar-refractivity contribution in [2.45, 2.75) is 49.7 Å². The first-order valence-electron chi connectivity index (χ1n) is 13.4. The average Bonchev–Trinajstić information content (AvgIpc) is 3.79. The molecule has 1 saturated carbocycles. The fourth-order valence-electron chi connectivity index (χ4n) is 5.38. The summed E-state index contributed by atoms with van der Waals surface area (Å²) >= 11 is 12.8. The van der Waals surface area contributed by atoms with Crippen LogP contribution >= 0.6 is 23.2 Å². The van der Waals surface area contributed by atoms with Crippen LogP contribution in [0, 0.1) is 23.0 Å². The SMILES string of the molecule is C[C@@](NC(=O)c1ccc(-c2ccccc2Cl)cc1Cl)(C(=O)NC1(C#N)CCN(C2CC2)CC1)c1c(F)cccc1F. The largest absolute Gasteiger partial charge is 0.335 e. The monoisotopic (exact) mass is 596 g/mol. The molecule has 212 valence electrons. The molecular formula is C31H28Cl2F2N4O2. The number of piperidine rings is 1. The standard InChI is InChI=1S/C31H28Cl2F2N4O2/c1-30(27-25(34)7-4-8-26(27)35,29(41)38-31(18-36)13-15-39(16-14-31)20-10-11-20)37-28(40)22-12-9-19(17-24(22)33)21-5-2-3-6-23(21)32/h2-9,12,17,20H,10-11,13-16H2,1H3,(H,37,40)(H,38,41)/t30-/m0/s1. The number of hydrogen-bond acceptors (Lipinski definition) is 4. The summed E-state index contributed by atoms with van der Waals surface area (Å²) in [5, 5.41) is 15.9. The Morgan fingerprint density at radius 2 is 1.66 bits per heavy atom. The minimum absolute atomic E-state index is 0.00835. The average molecular weight is 597 g/mol. The molecule has 1 heterocycles. The maximum Gasteiger partial charge on any atom is 0.253 e. The number of rotatable bonds is 7. The van der Waals surface area contributed by atoms with Gasteiger partial charge in [0, 0.05) is 29.7 Å². The third kappa shape index (κ3) is 5.80. The van der Waals surface area contributed by atoms with Crippen LogP contribution in [0.2, 0.25) is 10.0 Å². The molecule has 5 rings (SSSR count). The van der Waals surface area contributed by atoms with Crippen LogP contribution in [0.3, 0.4) is 0 Å². The predicted molar refractivity (Wildman–Crippen MR) is 153 cm³/mol. The number of likely N-dealkylation sites (tertiary alicyclic amines) is 1. The molecule has 0 radical (unpaired) electrons. The Kier molecular flexibility index (Phi) is 8.06. The molecule has 1 aliphatic heterocycles.